The van der Waals surface area contributed by atoms with Crippen LogP contribution in [0.2, 0.25) is 0 Å². The molecule has 6 heteroatoms. The number of anilines is 1. The molecule has 0 heterocycles. The smallest absolute Gasteiger partial charge is 0.432 e. The van der Waals surface area contributed by atoms with Crippen LogP contribution < -0.4 is 14.8 Å². The molecular weight excluding hydrogens is 342 g/mol. The zero-order valence-corrected chi connectivity index (χ0v) is 15.9. The van der Waals surface area contributed by atoms with E-state index in [1.807, 2.05) is 6.07 Å². The van der Waals surface area contributed by atoms with Crippen molar-refractivity contribution in [3.63, 3.8) is 0 Å². The van der Waals surface area contributed by atoms with Gasteiger partial charge < -0.3 is 14.8 Å². The van der Waals surface area contributed by atoms with Gasteiger partial charge in [-0.25, -0.2) is 0 Å². The molecule has 0 unspecified atom stereocenters. The fraction of sp³-hybridized carbons (Fsp3) is 0.381. The van der Waals surface area contributed by atoms with Crippen molar-refractivity contribution >= 4 is 17.3 Å². The molecule has 6 nitrogen and oxygen atoms in total. The third kappa shape index (κ3) is 6.00. The van der Waals surface area contributed by atoms with Gasteiger partial charge in [-0.2, -0.15) is 0 Å². The Morgan fingerprint density at radius 2 is 1.70 bits per heavy atom. The zero-order chi connectivity index (χ0) is 19.5. The molecule has 0 aliphatic rings. The van der Waals surface area contributed by atoms with E-state index in [9.17, 15) is 10.2 Å². The van der Waals surface area contributed by atoms with E-state index in [0.29, 0.717) is 36.0 Å². The van der Waals surface area contributed by atoms with Gasteiger partial charge in [0.05, 0.1) is 25.0 Å². The average molecular weight is 368 g/mol. The van der Waals surface area contributed by atoms with Crippen LogP contribution in [0.15, 0.2) is 42.5 Å². The number of unbranched alkanes of at least 4 members (excludes halogenated alkanes) is 2. The fourth-order valence-corrected chi connectivity index (χ4v) is 2.43. The Balaban J connectivity index is 2.32. The molecule has 0 saturated heterocycles. The minimum absolute atomic E-state index is 0.225. The summed E-state index contributed by atoms with van der Waals surface area (Å²) in [5, 5.41) is 12.3. The topological polar surface area (TPSA) is 75.7 Å². The second-order valence-corrected chi connectivity index (χ2v) is 6.14. The summed E-state index contributed by atoms with van der Waals surface area (Å²) >= 11 is 0. The highest BCUT2D eigenvalue weighted by Gasteiger charge is 2.24. The number of carbonyl (C=O) groups is 1. The summed E-state index contributed by atoms with van der Waals surface area (Å²) in [6.45, 7) is 5.14. The van der Waals surface area contributed by atoms with Gasteiger partial charge in [-0.05, 0) is 25.0 Å². The molecule has 2 rings (SSSR count). The molecule has 0 aliphatic heterocycles. The Kier molecular flexibility index (Phi) is 8.11. The van der Waals surface area contributed by atoms with E-state index in [2.05, 4.69) is 24.1 Å². The van der Waals surface area contributed by atoms with E-state index in [1.54, 1.807) is 36.4 Å². The molecule has 0 saturated carbocycles. The Bertz CT molecular complexity index is 785. The number of nitrogens with zero attached hydrogens (tertiary/aromatic N) is 2. The summed E-state index contributed by atoms with van der Waals surface area (Å²) in [4.78, 5) is 15.9. The first-order valence-electron chi connectivity index (χ1n) is 9.34. The van der Waals surface area contributed by atoms with Crippen LogP contribution in [0.1, 0.15) is 49.9 Å². The van der Waals surface area contributed by atoms with Gasteiger partial charge in [-0.3, -0.25) is 4.79 Å². The Morgan fingerprint density at radius 3 is 2.33 bits per heavy atom. The molecule has 0 spiro atoms. The monoisotopic (exact) mass is 368 g/mol. The van der Waals surface area contributed by atoms with Crippen LogP contribution in [0.5, 0.6) is 11.5 Å². The number of diazo groups is 1. The van der Waals surface area contributed by atoms with Crippen LogP contribution in [0.3, 0.4) is 0 Å². The van der Waals surface area contributed by atoms with E-state index >= 15 is 0 Å². The van der Waals surface area contributed by atoms with E-state index in [4.69, 9.17) is 9.47 Å². The van der Waals surface area contributed by atoms with Crippen molar-refractivity contribution in [2.75, 3.05) is 18.5 Å². The predicted octanol–water partition coefficient (Wildman–Crippen LogP) is 5.78. The van der Waals surface area contributed by atoms with Crippen LogP contribution in [0, 0.1) is 5.39 Å². The molecule has 0 bridgehead atoms. The van der Waals surface area contributed by atoms with Gasteiger partial charge in [0, 0.05) is 11.6 Å². The number of carbonyl (C=O) groups excluding carboxylic acids is 1. The third-order valence-electron chi connectivity index (χ3n) is 3.95. The van der Waals surface area contributed by atoms with Gasteiger partial charge in [-0.1, -0.05) is 44.9 Å². The molecule has 2 aromatic rings. The lowest BCUT2D eigenvalue weighted by Gasteiger charge is -2.13. The number of nitrogens with one attached hydrogen (secondary N) is 1. The lowest BCUT2D eigenvalue weighted by molar-refractivity contribution is 0.102. The Labute approximate surface area is 160 Å². The van der Waals surface area contributed by atoms with Crippen molar-refractivity contribution in [2.45, 2.75) is 39.5 Å². The molecule has 0 aromatic heterocycles. The second kappa shape index (κ2) is 10.8. The summed E-state index contributed by atoms with van der Waals surface area (Å²) in [5.74, 6) is 0.575. The van der Waals surface area contributed by atoms with Gasteiger partial charge in [0.2, 0.25) is 11.1 Å². The van der Waals surface area contributed by atoms with E-state index in [1.165, 1.54) is 0 Å². The molecule has 0 aliphatic carbocycles. The van der Waals surface area contributed by atoms with Gasteiger partial charge in [0.25, 0.3) is 5.91 Å². The fourth-order valence-electron chi connectivity index (χ4n) is 2.43. The molecule has 27 heavy (non-hydrogen) atoms. The van der Waals surface area contributed by atoms with Crippen molar-refractivity contribution in [1.82, 2.24) is 0 Å². The van der Waals surface area contributed by atoms with Crippen molar-refractivity contribution in [3.8, 4) is 11.5 Å². The van der Waals surface area contributed by atoms with Crippen molar-refractivity contribution in [1.29, 1.82) is 5.39 Å². The molecule has 142 valence electrons. The normalized spacial score (nSPS) is 10.1. The van der Waals surface area contributed by atoms with Gasteiger partial charge >= 0.3 is 5.69 Å². The largest absolute Gasteiger partial charge is 0.493 e. The maximum absolute atomic E-state index is 12.6. The molecule has 0 fully saturated rings. The summed E-state index contributed by atoms with van der Waals surface area (Å²) in [6.07, 6.45) is 3.74. The van der Waals surface area contributed by atoms with Crippen molar-refractivity contribution in [2.24, 2.45) is 0 Å². The number of ether oxygens (including phenoxy) is 2. The standard InChI is InChI=1S/C21H25N3O3/c1-3-5-12-26-17-14-18(23-21(25)16-10-8-7-9-11-16)20(19(15-17)24-22)27-13-6-4-2/h7-11,14-15H,3-6,12-13H2,1-2H3/p+1. The third-order valence-corrected chi connectivity index (χ3v) is 3.95. The highest BCUT2D eigenvalue weighted by molar-refractivity contribution is 6.05. The number of hydrogen-bond acceptors (Lipinski definition) is 4. The van der Waals surface area contributed by atoms with Gasteiger partial charge in [0.1, 0.15) is 5.75 Å². The van der Waals surface area contributed by atoms with E-state index in [0.717, 1.165) is 25.7 Å². The highest BCUT2D eigenvalue weighted by atomic mass is 16.5. The molecule has 0 atom stereocenters. The second-order valence-electron chi connectivity index (χ2n) is 6.14. The van der Waals surface area contributed by atoms with Gasteiger partial charge in [0.15, 0.2) is 4.98 Å². The number of rotatable bonds is 10. The lowest BCUT2D eigenvalue weighted by Crippen LogP contribution is -2.13. The zero-order valence-electron chi connectivity index (χ0n) is 15.9. The highest BCUT2D eigenvalue weighted by Crippen LogP contribution is 2.40. The molecule has 0 radical (unpaired) electrons. The van der Waals surface area contributed by atoms with Crippen molar-refractivity contribution < 1.29 is 14.3 Å². The molecule has 1 N–H and O–H groups in total. The van der Waals surface area contributed by atoms with Gasteiger partial charge in [-0.15, -0.1) is 0 Å². The molecule has 1 amide bonds. The quantitative estimate of drug-likeness (QED) is 0.426. The average Bonchev–Trinajstić information content (AvgIpc) is 2.70. The van der Waals surface area contributed by atoms with Crippen LogP contribution in [-0.4, -0.2) is 19.1 Å². The molecular formula is C21H26N3O3+. The van der Waals surface area contributed by atoms with Crippen LogP contribution in [0.4, 0.5) is 11.4 Å². The predicted molar refractivity (Wildman–Crippen MR) is 106 cm³/mol. The van der Waals surface area contributed by atoms with Crippen molar-refractivity contribution in [3.05, 3.63) is 53.0 Å². The molecule has 2 aromatic carbocycles. The first-order chi connectivity index (χ1) is 13.2. The van der Waals surface area contributed by atoms with Crippen LogP contribution in [0.25, 0.3) is 4.98 Å². The summed E-state index contributed by atoms with van der Waals surface area (Å²) in [6, 6.07) is 12.2. The lowest BCUT2D eigenvalue weighted by atomic mass is 10.2. The Morgan fingerprint density at radius 1 is 1.04 bits per heavy atom. The maximum Gasteiger partial charge on any atom is 0.432 e. The number of benzene rings is 2. The minimum atomic E-state index is -0.273. The number of hydrogen-bond donors (Lipinski definition) is 1. The summed E-state index contributed by atoms with van der Waals surface area (Å²) in [5.41, 5.74) is 1.17. The minimum Gasteiger partial charge on any atom is -0.493 e. The Hall–Kier alpha value is -3.07. The maximum atomic E-state index is 12.6. The van der Waals surface area contributed by atoms with E-state index < -0.39 is 0 Å². The first-order valence-corrected chi connectivity index (χ1v) is 9.34. The number of amides is 1. The van der Waals surface area contributed by atoms with Crippen LogP contribution >= 0.6 is 0 Å². The summed E-state index contributed by atoms with van der Waals surface area (Å²) in [7, 11) is 0. The van der Waals surface area contributed by atoms with E-state index in [-0.39, 0.29) is 11.6 Å². The first kappa shape index (κ1) is 20.2. The summed E-state index contributed by atoms with van der Waals surface area (Å²) < 4.78 is 11.5. The van der Waals surface area contributed by atoms with Crippen LogP contribution in [-0.2, 0) is 0 Å². The SMILES string of the molecule is CCCCOc1cc([N+]#N)c(OCCCC)c(NC(=O)c2ccccc2)c1.